The maximum atomic E-state index is 4.48. The summed E-state index contributed by atoms with van der Waals surface area (Å²) in [5.41, 5.74) is 2.47. The molecule has 0 bridgehead atoms. The van der Waals surface area contributed by atoms with Gasteiger partial charge in [0.1, 0.15) is 0 Å². The average Bonchev–Trinajstić information content (AvgIpc) is 3.08. The van der Waals surface area contributed by atoms with Crippen LogP contribution in [0, 0.1) is 6.92 Å². The summed E-state index contributed by atoms with van der Waals surface area (Å²) in [5.74, 6) is 0. The third-order valence-corrected chi connectivity index (χ3v) is 5.45. The highest BCUT2D eigenvalue weighted by Gasteiger charge is 2.23. The summed E-state index contributed by atoms with van der Waals surface area (Å²) in [7, 11) is 2.06. The highest BCUT2D eigenvalue weighted by Crippen LogP contribution is 2.24. The van der Waals surface area contributed by atoms with Gasteiger partial charge in [-0.05, 0) is 56.7 Å². The van der Waals surface area contributed by atoms with E-state index in [-0.39, 0.29) is 0 Å². The number of aryl methyl sites for hydroxylation is 3. The Kier molecular flexibility index (Phi) is 4.76. The molecule has 1 fully saturated rings. The molecule has 0 amide bonds. The number of hydrogen-bond donors (Lipinski definition) is 0. The molecule has 1 atom stereocenters. The summed E-state index contributed by atoms with van der Waals surface area (Å²) in [6.07, 6.45) is 6.59. The van der Waals surface area contributed by atoms with Crippen molar-refractivity contribution in [3.8, 4) is 0 Å². The van der Waals surface area contributed by atoms with E-state index in [9.17, 15) is 0 Å². The van der Waals surface area contributed by atoms with Crippen LogP contribution in [-0.2, 0) is 20.0 Å². The van der Waals surface area contributed by atoms with E-state index < -0.39 is 0 Å². The molecule has 0 saturated carbocycles. The quantitative estimate of drug-likeness (QED) is 0.838. The van der Waals surface area contributed by atoms with Crippen molar-refractivity contribution in [1.29, 1.82) is 0 Å². The summed E-state index contributed by atoms with van der Waals surface area (Å²) in [4.78, 5) is 4.20. The number of rotatable bonds is 5. The zero-order valence-corrected chi connectivity index (χ0v) is 13.9. The molecular weight excluding hydrogens is 278 g/mol. The number of aromatic nitrogens is 2. The molecule has 3 rings (SSSR count). The molecule has 0 spiro atoms. The Labute approximate surface area is 131 Å². The molecule has 0 aromatic carbocycles. The highest BCUT2D eigenvalue weighted by atomic mass is 32.1. The van der Waals surface area contributed by atoms with E-state index in [1.165, 1.54) is 49.2 Å². The van der Waals surface area contributed by atoms with E-state index in [1.807, 2.05) is 16.0 Å². The van der Waals surface area contributed by atoms with Gasteiger partial charge in [0.25, 0.3) is 0 Å². The van der Waals surface area contributed by atoms with E-state index in [2.05, 4.69) is 47.5 Å². The number of likely N-dealkylation sites (tertiary alicyclic amines) is 1. The SMILES string of the molecule is Cc1cc(CN2CCCC[C@H]2CCc2cccs2)n(C)n1. The van der Waals surface area contributed by atoms with Crippen LogP contribution >= 0.6 is 11.3 Å². The third kappa shape index (κ3) is 3.74. The fraction of sp³-hybridized carbons (Fsp3) is 0.588. The van der Waals surface area contributed by atoms with Crippen molar-refractivity contribution in [1.82, 2.24) is 14.7 Å². The van der Waals surface area contributed by atoms with Gasteiger partial charge in [0.05, 0.1) is 11.4 Å². The third-order valence-electron chi connectivity index (χ3n) is 4.52. The summed E-state index contributed by atoms with van der Waals surface area (Å²) in [6.45, 7) is 4.36. The van der Waals surface area contributed by atoms with Crippen LogP contribution in [-0.4, -0.2) is 27.3 Å². The largest absolute Gasteiger partial charge is 0.295 e. The van der Waals surface area contributed by atoms with E-state index in [0.717, 1.165) is 18.3 Å². The molecule has 3 nitrogen and oxygen atoms in total. The Morgan fingerprint density at radius 2 is 2.29 bits per heavy atom. The molecule has 1 aliphatic rings. The Bertz CT molecular complexity index is 559. The zero-order valence-electron chi connectivity index (χ0n) is 13.1. The van der Waals surface area contributed by atoms with Gasteiger partial charge in [-0.25, -0.2) is 0 Å². The van der Waals surface area contributed by atoms with Crippen molar-refractivity contribution in [3.05, 3.63) is 39.8 Å². The van der Waals surface area contributed by atoms with Gasteiger partial charge < -0.3 is 0 Å². The smallest absolute Gasteiger partial charge is 0.0597 e. The molecule has 4 heteroatoms. The molecule has 114 valence electrons. The van der Waals surface area contributed by atoms with Gasteiger partial charge in [-0.3, -0.25) is 9.58 Å². The van der Waals surface area contributed by atoms with Gasteiger partial charge in [0.2, 0.25) is 0 Å². The van der Waals surface area contributed by atoms with E-state index in [1.54, 1.807) is 0 Å². The van der Waals surface area contributed by atoms with Gasteiger partial charge in [-0.1, -0.05) is 12.5 Å². The Balaban J connectivity index is 1.62. The molecule has 21 heavy (non-hydrogen) atoms. The summed E-state index contributed by atoms with van der Waals surface area (Å²) in [5, 5.41) is 6.67. The molecule has 3 heterocycles. The van der Waals surface area contributed by atoms with Gasteiger partial charge in [-0.15, -0.1) is 11.3 Å². The van der Waals surface area contributed by atoms with Gasteiger partial charge >= 0.3 is 0 Å². The fourth-order valence-corrected chi connectivity index (χ4v) is 4.10. The van der Waals surface area contributed by atoms with Crippen LogP contribution in [0.15, 0.2) is 23.6 Å². The number of hydrogen-bond acceptors (Lipinski definition) is 3. The lowest BCUT2D eigenvalue weighted by molar-refractivity contribution is 0.129. The van der Waals surface area contributed by atoms with E-state index in [4.69, 9.17) is 0 Å². The second-order valence-electron chi connectivity index (χ2n) is 6.14. The summed E-state index contributed by atoms with van der Waals surface area (Å²) >= 11 is 1.89. The topological polar surface area (TPSA) is 21.1 Å². The van der Waals surface area contributed by atoms with Crippen LogP contribution in [0.1, 0.15) is 41.9 Å². The normalized spacial score (nSPS) is 20.0. The zero-order chi connectivity index (χ0) is 14.7. The van der Waals surface area contributed by atoms with Crippen LogP contribution < -0.4 is 0 Å². The summed E-state index contributed by atoms with van der Waals surface area (Å²) < 4.78 is 2.04. The molecular formula is C17H25N3S. The van der Waals surface area contributed by atoms with E-state index >= 15 is 0 Å². The first kappa shape index (κ1) is 14.8. The van der Waals surface area contributed by atoms with Crippen molar-refractivity contribution >= 4 is 11.3 Å². The molecule has 0 aliphatic carbocycles. The number of piperidine rings is 1. The molecule has 0 N–H and O–H groups in total. The molecule has 0 unspecified atom stereocenters. The van der Waals surface area contributed by atoms with Crippen molar-refractivity contribution in [2.24, 2.45) is 7.05 Å². The van der Waals surface area contributed by atoms with Gasteiger partial charge in [0.15, 0.2) is 0 Å². The van der Waals surface area contributed by atoms with Gasteiger partial charge in [0, 0.05) is 24.5 Å². The van der Waals surface area contributed by atoms with Crippen LogP contribution in [0.25, 0.3) is 0 Å². The van der Waals surface area contributed by atoms with Crippen LogP contribution in [0.3, 0.4) is 0 Å². The first-order valence-corrected chi connectivity index (χ1v) is 8.86. The maximum Gasteiger partial charge on any atom is 0.0597 e. The Morgan fingerprint density at radius 1 is 1.38 bits per heavy atom. The predicted octanol–water partition coefficient (Wildman–Crippen LogP) is 3.78. The van der Waals surface area contributed by atoms with Crippen LogP contribution in [0.4, 0.5) is 0 Å². The average molecular weight is 303 g/mol. The monoisotopic (exact) mass is 303 g/mol. The summed E-state index contributed by atoms with van der Waals surface area (Å²) in [6, 6.07) is 7.39. The second kappa shape index (κ2) is 6.75. The minimum atomic E-state index is 0.732. The minimum absolute atomic E-state index is 0.732. The molecule has 0 radical (unpaired) electrons. The standard InChI is InChI=1S/C17H25N3S/c1-14-12-16(19(2)18-14)13-20-10-4-3-6-15(20)8-9-17-7-5-11-21-17/h5,7,11-12,15H,3-4,6,8-10,13H2,1-2H3/t15-/m0/s1. The molecule has 2 aromatic heterocycles. The minimum Gasteiger partial charge on any atom is -0.295 e. The lowest BCUT2D eigenvalue weighted by Gasteiger charge is -2.35. The van der Waals surface area contributed by atoms with Crippen molar-refractivity contribution < 1.29 is 0 Å². The maximum absolute atomic E-state index is 4.48. The van der Waals surface area contributed by atoms with Crippen molar-refractivity contribution in [2.45, 2.75) is 51.6 Å². The molecule has 1 aliphatic heterocycles. The molecule has 1 saturated heterocycles. The first-order valence-electron chi connectivity index (χ1n) is 7.98. The van der Waals surface area contributed by atoms with E-state index in [0.29, 0.717) is 0 Å². The predicted molar refractivity (Wildman–Crippen MR) is 88.6 cm³/mol. The Morgan fingerprint density at radius 3 is 3.00 bits per heavy atom. The van der Waals surface area contributed by atoms with Crippen LogP contribution in [0.5, 0.6) is 0 Å². The van der Waals surface area contributed by atoms with Crippen LogP contribution in [0.2, 0.25) is 0 Å². The first-order chi connectivity index (χ1) is 10.2. The fourth-order valence-electron chi connectivity index (χ4n) is 3.38. The number of nitrogens with zero attached hydrogens (tertiary/aromatic N) is 3. The lowest BCUT2D eigenvalue weighted by atomic mass is 9.97. The van der Waals surface area contributed by atoms with Crippen molar-refractivity contribution in [3.63, 3.8) is 0 Å². The number of thiophene rings is 1. The lowest BCUT2D eigenvalue weighted by Crippen LogP contribution is -2.39. The highest BCUT2D eigenvalue weighted by molar-refractivity contribution is 7.09. The van der Waals surface area contributed by atoms with Gasteiger partial charge in [-0.2, -0.15) is 5.10 Å². The molecule has 2 aromatic rings. The second-order valence-corrected chi connectivity index (χ2v) is 7.17. The van der Waals surface area contributed by atoms with Crippen molar-refractivity contribution in [2.75, 3.05) is 6.54 Å². The Hall–Kier alpha value is -1.13.